The zero-order chi connectivity index (χ0) is 6.36. The molecule has 0 aliphatic heterocycles. The summed E-state index contributed by atoms with van der Waals surface area (Å²) in [7, 11) is -3.18. The molecule has 1 fully saturated rings. The van der Waals surface area contributed by atoms with Crippen LogP contribution in [0.5, 0.6) is 0 Å². The van der Waals surface area contributed by atoms with Crippen LogP contribution in [0.1, 0.15) is 13.3 Å². The largest absolute Gasteiger partial charge is 0.228 e. The molecule has 2 atom stereocenters. The molecule has 0 spiro atoms. The number of hydrogen-bond donors (Lipinski definition) is 1. The maximum Gasteiger partial charge on any atom is 0.212 e. The molecule has 0 heterocycles. The molecule has 1 aliphatic carbocycles. The van der Waals surface area contributed by atoms with Crippen molar-refractivity contribution in [2.45, 2.75) is 18.6 Å². The van der Waals surface area contributed by atoms with Gasteiger partial charge in [-0.1, -0.05) is 6.92 Å². The summed E-state index contributed by atoms with van der Waals surface area (Å²) in [5.41, 5.74) is 0. The van der Waals surface area contributed by atoms with Crippen LogP contribution >= 0.6 is 0 Å². The van der Waals surface area contributed by atoms with Crippen LogP contribution in [-0.4, -0.2) is 13.7 Å². The molecule has 4 heteroatoms. The van der Waals surface area contributed by atoms with E-state index in [1.165, 1.54) is 0 Å². The fourth-order valence-corrected chi connectivity index (χ4v) is 1.97. The highest BCUT2D eigenvalue weighted by Crippen LogP contribution is 2.34. The van der Waals surface area contributed by atoms with Gasteiger partial charge in [-0.05, 0) is 12.3 Å². The Hall–Kier alpha value is -0.0900. The van der Waals surface area contributed by atoms with Crippen molar-refractivity contribution in [1.29, 1.82) is 0 Å². The van der Waals surface area contributed by atoms with Crippen LogP contribution in [0.25, 0.3) is 0 Å². The lowest BCUT2D eigenvalue weighted by atomic mass is 10.5. The summed E-state index contributed by atoms with van der Waals surface area (Å²) in [6.45, 7) is 1.88. The molecule has 0 aromatic heterocycles. The molecular formula is C4H9NO2S. The predicted molar refractivity (Wildman–Crippen MR) is 30.7 cm³/mol. The Balaban J connectivity index is 2.66. The zero-order valence-corrected chi connectivity index (χ0v) is 5.48. The summed E-state index contributed by atoms with van der Waals surface area (Å²) in [5, 5.41) is 4.57. The second kappa shape index (κ2) is 1.45. The van der Waals surface area contributed by atoms with E-state index in [1.54, 1.807) is 0 Å². The van der Waals surface area contributed by atoms with Gasteiger partial charge in [0, 0.05) is 0 Å². The van der Waals surface area contributed by atoms with Crippen LogP contribution in [0.4, 0.5) is 0 Å². The Bertz CT molecular complexity index is 184. The summed E-state index contributed by atoms with van der Waals surface area (Å²) < 4.78 is 20.8. The van der Waals surface area contributed by atoms with Crippen LogP contribution in [0, 0.1) is 5.92 Å². The molecule has 0 radical (unpaired) electrons. The zero-order valence-electron chi connectivity index (χ0n) is 4.66. The Morgan fingerprint density at radius 3 is 2.00 bits per heavy atom. The number of primary sulfonamides is 1. The van der Waals surface area contributed by atoms with Crippen molar-refractivity contribution in [3.8, 4) is 0 Å². The van der Waals surface area contributed by atoms with E-state index in [4.69, 9.17) is 5.14 Å². The van der Waals surface area contributed by atoms with E-state index in [1.807, 2.05) is 6.92 Å². The fraction of sp³-hybridized carbons (Fsp3) is 1.00. The van der Waals surface area contributed by atoms with Gasteiger partial charge in [-0.25, -0.2) is 13.6 Å². The van der Waals surface area contributed by atoms with E-state index in [2.05, 4.69) is 0 Å². The minimum atomic E-state index is -3.18. The summed E-state index contributed by atoms with van der Waals surface area (Å²) >= 11 is 0. The topological polar surface area (TPSA) is 60.2 Å². The number of hydrogen-bond acceptors (Lipinski definition) is 2. The van der Waals surface area contributed by atoms with E-state index in [-0.39, 0.29) is 5.25 Å². The molecule has 3 nitrogen and oxygen atoms in total. The first-order chi connectivity index (χ1) is 3.52. The molecule has 0 amide bonds. The Labute approximate surface area is 48.9 Å². The van der Waals surface area contributed by atoms with Crippen molar-refractivity contribution in [2.75, 3.05) is 0 Å². The van der Waals surface area contributed by atoms with Gasteiger partial charge in [0.25, 0.3) is 0 Å². The first-order valence-electron chi connectivity index (χ1n) is 2.53. The second-order valence-electron chi connectivity index (χ2n) is 2.34. The van der Waals surface area contributed by atoms with Crippen molar-refractivity contribution in [1.82, 2.24) is 0 Å². The van der Waals surface area contributed by atoms with Gasteiger partial charge in [-0.3, -0.25) is 0 Å². The van der Waals surface area contributed by atoms with Crippen LogP contribution < -0.4 is 5.14 Å². The van der Waals surface area contributed by atoms with Crippen molar-refractivity contribution >= 4 is 10.0 Å². The molecule has 2 N–H and O–H groups in total. The smallest absolute Gasteiger partial charge is 0.212 e. The van der Waals surface area contributed by atoms with E-state index in [0.29, 0.717) is 5.92 Å². The Morgan fingerprint density at radius 1 is 1.62 bits per heavy atom. The highest BCUT2D eigenvalue weighted by atomic mass is 32.2. The van der Waals surface area contributed by atoms with Crippen molar-refractivity contribution in [3.63, 3.8) is 0 Å². The molecule has 8 heavy (non-hydrogen) atoms. The SMILES string of the molecule is CC1CC1S(N)(=O)=O. The number of rotatable bonds is 1. The van der Waals surface area contributed by atoms with E-state index in [0.717, 1.165) is 6.42 Å². The highest BCUT2D eigenvalue weighted by Gasteiger charge is 2.41. The van der Waals surface area contributed by atoms with Gasteiger partial charge in [0.15, 0.2) is 0 Å². The van der Waals surface area contributed by atoms with Gasteiger partial charge < -0.3 is 0 Å². The maximum absolute atomic E-state index is 10.4. The van der Waals surface area contributed by atoms with Gasteiger partial charge in [0.1, 0.15) is 0 Å². The minimum Gasteiger partial charge on any atom is -0.228 e. The van der Waals surface area contributed by atoms with Gasteiger partial charge in [-0.15, -0.1) is 0 Å². The minimum absolute atomic E-state index is 0.234. The number of sulfonamides is 1. The van der Waals surface area contributed by atoms with Gasteiger partial charge in [0.2, 0.25) is 10.0 Å². The summed E-state index contributed by atoms with van der Waals surface area (Å²) in [6.07, 6.45) is 0.749. The quantitative estimate of drug-likeness (QED) is 0.535. The molecule has 1 rings (SSSR count). The lowest BCUT2D eigenvalue weighted by Gasteiger charge is -1.87. The Morgan fingerprint density at radius 2 is 2.00 bits per heavy atom. The van der Waals surface area contributed by atoms with Gasteiger partial charge in [0.05, 0.1) is 5.25 Å². The van der Waals surface area contributed by atoms with Crippen LogP contribution in [-0.2, 0) is 10.0 Å². The fourth-order valence-electron chi connectivity index (χ4n) is 0.746. The van der Waals surface area contributed by atoms with Gasteiger partial charge >= 0.3 is 0 Å². The van der Waals surface area contributed by atoms with Crippen LogP contribution in [0.15, 0.2) is 0 Å². The van der Waals surface area contributed by atoms with E-state index in [9.17, 15) is 8.42 Å². The first kappa shape index (κ1) is 6.04. The van der Waals surface area contributed by atoms with Crippen LogP contribution in [0.3, 0.4) is 0 Å². The average Bonchev–Trinajstić information content (AvgIpc) is 2.13. The molecule has 1 aliphatic rings. The molecule has 0 aromatic carbocycles. The van der Waals surface area contributed by atoms with Crippen molar-refractivity contribution < 1.29 is 8.42 Å². The maximum atomic E-state index is 10.4. The monoisotopic (exact) mass is 135 g/mol. The molecule has 0 saturated heterocycles. The molecule has 1 saturated carbocycles. The third kappa shape index (κ3) is 1.00. The molecule has 0 aromatic rings. The molecule has 2 unspecified atom stereocenters. The Kier molecular flexibility index (Phi) is 1.09. The number of nitrogens with two attached hydrogens (primary N) is 1. The average molecular weight is 135 g/mol. The second-order valence-corrected chi connectivity index (χ2v) is 4.12. The molecule has 0 bridgehead atoms. The molecular weight excluding hydrogens is 126 g/mol. The normalized spacial score (nSPS) is 37.2. The predicted octanol–water partition coefficient (Wildman–Crippen LogP) is -0.317. The van der Waals surface area contributed by atoms with E-state index >= 15 is 0 Å². The molecule has 48 valence electrons. The van der Waals surface area contributed by atoms with Gasteiger partial charge in [-0.2, -0.15) is 0 Å². The first-order valence-corrected chi connectivity index (χ1v) is 4.14. The summed E-state index contributed by atoms with van der Waals surface area (Å²) in [6, 6.07) is 0. The third-order valence-electron chi connectivity index (χ3n) is 1.46. The third-order valence-corrected chi connectivity index (χ3v) is 2.96. The van der Waals surface area contributed by atoms with Crippen molar-refractivity contribution in [3.05, 3.63) is 0 Å². The van der Waals surface area contributed by atoms with Crippen molar-refractivity contribution in [2.24, 2.45) is 11.1 Å². The lowest BCUT2D eigenvalue weighted by molar-refractivity contribution is 0.594. The highest BCUT2D eigenvalue weighted by molar-refractivity contribution is 7.90. The van der Waals surface area contributed by atoms with Crippen LogP contribution in [0.2, 0.25) is 0 Å². The summed E-state index contributed by atoms with van der Waals surface area (Å²) in [5.74, 6) is 0.296. The summed E-state index contributed by atoms with van der Waals surface area (Å²) in [4.78, 5) is 0. The van der Waals surface area contributed by atoms with E-state index < -0.39 is 10.0 Å². The standard InChI is InChI=1S/C4H9NO2S/c1-3-2-4(3)8(5,6)7/h3-4H,2H2,1H3,(H2,5,6,7). The lowest BCUT2D eigenvalue weighted by Crippen LogP contribution is -2.18.